The van der Waals surface area contributed by atoms with Crippen molar-refractivity contribution in [2.24, 2.45) is 0 Å². The molecule has 2 heterocycles. The maximum Gasteiger partial charge on any atom is 0.243 e. The van der Waals surface area contributed by atoms with Crippen LogP contribution < -0.4 is 5.32 Å². The Labute approximate surface area is 162 Å². The second-order valence-corrected chi connectivity index (χ2v) is 8.72. The average Bonchev–Trinajstić information content (AvgIpc) is 3.33. The predicted octanol–water partition coefficient (Wildman–Crippen LogP) is 2.78. The Morgan fingerprint density at radius 2 is 1.93 bits per heavy atom. The van der Waals surface area contributed by atoms with E-state index in [-0.39, 0.29) is 23.9 Å². The van der Waals surface area contributed by atoms with E-state index in [0.717, 1.165) is 28.7 Å². The summed E-state index contributed by atoms with van der Waals surface area (Å²) in [6.07, 6.45) is 1.06. The lowest BCUT2D eigenvalue weighted by Gasteiger charge is -2.23. The smallest absolute Gasteiger partial charge is 0.243 e. The van der Waals surface area contributed by atoms with Gasteiger partial charge in [0.05, 0.1) is 11.4 Å². The van der Waals surface area contributed by atoms with Crippen molar-refractivity contribution >= 4 is 26.8 Å². The third kappa shape index (κ3) is 3.53. The molecule has 3 aromatic rings. The molecule has 6 nitrogen and oxygen atoms in total. The zero-order valence-corrected chi connectivity index (χ0v) is 15.9. The minimum absolute atomic E-state index is 0.00998. The van der Waals surface area contributed by atoms with E-state index in [1.54, 1.807) is 0 Å². The van der Waals surface area contributed by atoms with Crippen LogP contribution >= 0.6 is 0 Å². The van der Waals surface area contributed by atoms with Gasteiger partial charge in [-0.2, -0.15) is 4.31 Å². The Morgan fingerprint density at radius 3 is 2.68 bits per heavy atom. The van der Waals surface area contributed by atoms with Crippen LogP contribution in [0.4, 0.5) is 4.39 Å². The van der Waals surface area contributed by atoms with Crippen molar-refractivity contribution in [2.45, 2.75) is 30.3 Å². The number of halogens is 1. The molecule has 8 heteroatoms. The number of aromatic nitrogens is 1. The van der Waals surface area contributed by atoms with Gasteiger partial charge in [0, 0.05) is 17.8 Å². The molecule has 1 fully saturated rings. The molecule has 1 atom stereocenters. The number of nitrogens with zero attached hydrogens (tertiary/aromatic N) is 1. The van der Waals surface area contributed by atoms with Crippen LogP contribution in [-0.2, 0) is 21.4 Å². The Morgan fingerprint density at radius 1 is 1.18 bits per heavy atom. The maximum absolute atomic E-state index is 13.1. The predicted molar refractivity (Wildman–Crippen MR) is 103 cm³/mol. The zero-order chi connectivity index (χ0) is 19.7. The SMILES string of the molecule is O=C(NCc1cc2ccccc2[nH]1)[C@H]1CCCN1S(=O)(=O)c1ccc(F)cc1. The Kier molecular flexibility index (Phi) is 4.91. The van der Waals surface area contributed by atoms with E-state index in [9.17, 15) is 17.6 Å². The maximum atomic E-state index is 13.1. The van der Waals surface area contributed by atoms with E-state index in [4.69, 9.17) is 0 Å². The number of sulfonamides is 1. The van der Waals surface area contributed by atoms with E-state index in [0.29, 0.717) is 12.8 Å². The average molecular weight is 401 g/mol. The molecule has 2 N–H and O–H groups in total. The molecule has 0 radical (unpaired) electrons. The van der Waals surface area contributed by atoms with Crippen molar-refractivity contribution in [3.8, 4) is 0 Å². The lowest BCUT2D eigenvalue weighted by molar-refractivity contribution is -0.124. The zero-order valence-electron chi connectivity index (χ0n) is 15.1. The number of fused-ring (bicyclic) bond motifs is 1. The van der Waals surface area contributed by atoms with Gasteiger partial charge in [-0.3, -0.25) is 4.79 Å². The molecule has 1 aliphatic rings. The number of hydrogen-bond acceptors (Lipinski definition) is 3. The minimum Gasteiger partial charge on any atom is -0.357 e. The number of rotatable bonds is 5. The number of benzene rings is 2. The van der Waals surface area contributed by atoms with E-state index in [1.165, 1.54) is 16.4 Å². The second-order valence-electron chi connectivity index (χ2n) is 6.83. The van der Waals surface area contributed by atoms with Crippen LogP contribution in [0.2, 0.25) is 0 Å². The number of amides is 1. The summed E-state index contributed by atoms with van der Waals surface area (Å²) >= 11 is 0. The molecule has 0 unspecified atom stereocenters. The van der Waals surface area contributed by atoms with Crippen LogP contribution in [0, 0.1) is 5.82 Å². The number of para-hydroxylation sites is 1. The molecule has 1 aromatic heterocycles. The lowest BCUT2D eigenvalue weighted by Crippen LogP contribution is -2.45. The first kappa shape index (κ1) is 18.6. The normalized spacial score (nSPS) is 17.8. The highest BCUT2D eigenvalue weighted by atomic mass is 32.2. The third-order valence-corrected chi connectivity index (χ3v) is 6.89. The van der Waals surface area contributed by atoms with Gasteiger partial charge in [-0.1, -0.05) is 18.2 Å². The van der Waals surface area contributed by atoms with E-state index < -0.39 is 21.9 Å². The van der Waals surface area contributed by atoms with Gasteiger partial charge in [0.1, 0.15) is 11.9 Å². The van der Waals surface area contributed by atoms with Crippen LogP contribution in [0.1, 0.15) is 18.5 Å². The molecule has 1 saturated heterocycles. The fourth-order valence-corrected chi connectivity index (χ4v) is 5.22. The number of carbonyl (C=O) groups is 1. The largest absolute Gasteiger partial charge is 0.357 e. The van der Waals surface area contributed by atoms with Crippen LogP contribution in [0.25, 0.3) is 10.9 Å². The quantitative estimate of drug-likeness (QED) is 0.690. The first-order valence-electron chi connectivity index (χ1n) is 9.07. The van der Waals surface area contributed by atoms with Crippen LogP contribution in [0.15, 0.2) is 59.5 Å². The van der Waals surface area contributed by atoms with E-state index in [2.05, 4.69) is 10.3 Å². The summed E-state index contributed by atoms with van der Waals surface area (Å²) in [5.74, 6) is -0.838. The summed E-state index contributed by atoms with van der Waals surface area (Å²) in [4.78, 5) is 15.9. The van der Waals surface area contributed by atoms with Crippen LogP contribution in [0.3, 0.4) is 0 Å². The summed E-state index contributed by atoms with van der Waals surface area (Å²) in [6.45, 7) is 0.554. The van der Waals surface area contributed by atoms with Crippen LogP contribution in [-0.4, -0.2) is 36.2 Å². The van der Waals surface area contributed by atoms with E-state index in [1.807, 2.05) is 30.3 Å². The van der Waals surface area contributed by atoms with Gasteiger partial charge >= 0.3 is 0 Å². The standard InChI is InChI=1S/C20H20FN3O3S/c21-15-7-9-17(10-8-15)28(26,27)24-11-3-6-19(24)20(25)22-13-16-12-14-4-1-2-5-18(14)23-16/h1-2,4-5,7-10,12,19,23H,3,6,11,13H2,(H,22,25)/t19-/m1/s1. The summed E-state index contributed by atoms with van der Waals surface area (Å²) in [7, 11) is -3.86. The molecule has 2 aromatic carbocycles. The highest BCUT2D eigenvalue weighted by Gasteiger charge is 2.39. The molecule has 146 valence electrons. The molecule has 0 saturated carbocycles. The molecule has 0 bridgehead atoms. The van der Waals surface area contributed by atoms with Gasteiger partial charge in [0.15, 0.2) is 0 Å². The minimum atomic E-state index is -3.86. The Balaban J connectivity index is 1.47. The number of hydrogen-bond donors (Lipinski definition) is 2. The van der Waals surface area contributed by atoms with Crippen molar-refractivity contribution in [3.05, 3.63) is 66.1 Å². The molecule has 1 aliphatic heterocycles. The highest BCUT2D eigenvalue weighted by molar-refractivity contribution is 7.89. The summed E-state index contributed by atoms with van der Waals surface area (Å²) in [6, 6.07) is 13.6. The van der Waals surface area contributed by atoms with Gasteiger partial charge in [-0.05, 0) is 54.6 Å². The molecule has 1 amide bonds. The molecular weight excluding hydrogens is 381 g/mol. The molecule has 0 spiro atoms. The topological polar surface area (TPSA) is 82.3 Å². The second kappa shape index (κ2) is 7.37. The van der Waals surface area contributed by atoms with Crippen LogP contribution in [0.5, 0.6) is 0 Å². The summed E-state index contributed by atoms with van der Waals surface area (Å²) in [5.41, 5.74) is 1.83. The number of H-pyrrole nitrogens is 1. The van der Waals surface area contributed by atoms with E-state index >= 15 is 0 Å². The fourth-order valence-electron chi connectivity index (χ4n) is 3.56. The monoisotopic (exact) mass is 401 g/mol. The Hall–Kier alpha value is -2.71. The van der Waals surface area contributed by atoms with Gasteiger partial charge < -0.3 is 10.3 Å². The highest BCUT2D eigenvalue weighted by Crippen LogP contribution is 2.26. The van der Waals surface area contributed by atoms with Gasteiger partial charge in [-0.15, -0.1) is 0 Å². The van der Waals surface area contributed by atoms with Gasteiger partial charge in [0.25, 0.3) is 0 Å². The first-order chi connectivity index (χ1) is 13.4. The van der Waals surface area contributed by atoms with Gasteiger partial charge in [-0.25, -0.2) is 12.8 Å². The van der Waals surface area contributed by atoms with Crippen molar-refractivity contribution < 1.29 is 17.6 Å². The summed E-state index contributed by atoms with van der Waals surface area (Å²) in [5, 5.41) is 3.88. The molecule has 0 aliphatic carbocycles. The summed E-state index contributed by atoms with van der Waals surface area (Å²) < 4.78 is 40.1. The van der Waals surface area contributed by atoms with Gasteiger partial charge in [0.2, 0.25) is 15.9 Å². The fraction of sp³-hybridized carbons (Fsp3) is 0.250. The molecular formula is C20H20FN3O3S. The van der Waals surface area contributed by atoms with Crippen molar-refractivity contribution in [2.75, 3.05) is 6.54 Å². The molecule has 28 heavy (non-hydrogen) atoms. The number of carbonyl (C=O) groups excluding carboxylic acids is 1. The van der Waals surface area contributed by atoms with Crippen molar-refractivity contribution in [1.29, 1.82) is 0 Å². The van der Waals surface area contributed by atoms with Crippen molar-refractivity contribution in [1.82, 2.24) is 14.6 Å². The molecule has 4 rings (SSSR count). The van der Waals surface area contributed by atoms with Crippen molar-refractivity contribution in [3.63, 3.8) is 0 Å². The number of aromatic amines is 1. The Bertz CT molecular complexity index is 1080. The third-order valence-electron chi connectivity index (χ3n) is 4.97. The number of nitrogens with one attached hydrogen (secondary N) is 2. The first-order valence-corrected chi connectivity index (χ1v) is 10.5. The lowest BCUT2D eigenvalue weighted by atomic mass is 10.2.